The van der Waals surface area contributed by atoms with Crippen LogP contribution in [0.3, 0.4) is 0 Å². The van der Waals surface area contributed by atoms with Crippen LogP contribution >= 0.6 is 11.6 Å². The van der Waals surface area contributed by atoms with E-state index in [1.807, 2.05) is 0 Å². The summed E-state index contributed by atoms with van der Waals surface area (Å²) in [6.45, 7) is 1.48. The Morgan fingerprint density at radius 2 is 2.05 bits per heavy atom. The van der Waals surface area contributed by atoms with Gasteiger partial charge in [0.25, 0.3) is 6.43 Å². The van der Waals surface area contributed by atoms with Crippen LogP contribution in [0, 0.1) is 6.92 Å². The van der Waals surface area contributed by atoms with Gasteiger partial charge in [0.15, 0.2) is 5.82 Å². The van der Waals surface area contributed by atoms with E-state index in [4.69, 9.17) is 11.6 Å². The lowest BCUT2D eigenvalue weighted by atomic mass is 10.2. The van der Waals surface area contributed by atoms with E-state index in [9.17, 15) is 13.6 Å². The molecule has 2 rings (SSSR count). The van der Waals surface area contributed by atoms with Crippen molar-refractivity contribution in [1.29, 1.82) is 0 Å². The molecule has 1 aromatic heterocycles. The zero-order chi connectivity index (χ0) is 15.4. The zero-order valence-electron chi connectivity index (χ0n) is 11.2. The quantitative estimate of drug-likeness (QED) is 0.922. The molecule has 1 heterocycles. The zero-order valence-corrected chi connectivity index (χ0v) is 11.9. The van der Waals surface area contributed by atoms with E-state index in [0.29, 0.717) is 5.02 Å². The molecular weight excluding hydrogens is 302 g/mol. The molecule has 0 fully saturated rings. The predicted molar refractivity (Wildman–Crippen MR) is 73.0 cm³/mol. The summed E-state index contributed by atoms with van der Waals surface area (Å²) in [6, 6.07) is 6.96. The summed E-state index contributed by atoms with van der Waals surface area (Å²) < 4.78 is 26.3. The molecule has 0 spiro atoms. The van der Waals surface area contributed by atoms with Crippen molar-refractivity contribution >= 4 is 17.5 Å². The SMILES string of the molecule is Cc1nc(C(F)F)n(CC(=O)NCc2ccc(Cl)cc2)n1. The molecule has 21 heavy (non-hydrogen) atoms. The molecule has 0 bridgehead atoms. The minimum absolute atomic E-state index is 0.204. The summed E-state index contributed by atoms with van der Waals surface area (Å²) in [7, 11) is 0. The number of nitrogens with one attached hydrogen (secondary N) is 1. The first kappa shape index (κ1) is 15.4. The second-order valence-corrected chi connectivity index (χ2v) is 4.82. The Morgan fingerprint density at radius 1 is 1.38 bits per heavy atom. The Bertz CT molecular complexity index is 628. The minimum atomic E-state index is -2.77. The van der Waals surface area contributed by atoms with Crippen LogP contribution < -0.4 is 5.32 Å². The molecule has 1 N–H and O–H groups in total. The molecule has 0 aliphatic rings. The largest absolute Gasteiger partial charge is 0.350 e. The summed E-state index contributed by atoms with van der Waals surface area (Å²) in [5, 5.41) is 7.01. The van der Waals surface area contributed by atoms with Crippen molar-refractivity contribution in [3.05, 3.63) is 46.5 Å². The Kier molecular flexibility index (Phi) is 4.85. The van der Waals surface area contributed by atoms with E-state index in [0.717, 1.165) is 10.2 Å². The number of halogens is 3. The number of carbonyl (C=O) groups excluding carboxylic acids is 1. The van der Waals surface area contributed by atoms with E-state index in [1.54, 1.807) is 24.3 Å². The van der Waals surface area contributed by atoms with Crippen molar-refractivity contribution < 1.29 is 13.6 Å². The second-order valence-electron chi connectivity index (χ2n) is 4.38. The fraction of sp³-hybridized carbons (Fsp3) is 0.308. The molecule has 8 heteroatoms. The third-order valence-corrected chi connectivity index (χ3v) is 2.95. The summed E-state index contributed by atoms with van der Waals surface area (Å²) >= 11 is 5.75. The standard InChI is InChI=1S/C13H13ClF2N4O/c1-8-18-13(12(15)16)20(19-8)7-11(21)17-6-9-2-4-10(14)5-3-9/h2-5,12H,6-7H2,1H3,(H,17,21). The maximum atomic E-state index is 12.7. The molecule has 2 aromatic rings. The van der Waals surface area contributed by atoms with Gasteiger partial charge in [-0.15, -0.1) is 0 Å². The van der Waals surface area contributed by atoms with Crippen LogP contribution in [0.25, 0.3) is 0 Å². The Labute approximate surface area is 124 Å². The topological polar surface area (TPSA) is 59.8 Å². The summed E-state index contributed by atoms with van der Waals surface area (Å²) in [5.74, 6) is -0.721. The number of aryl methyl sites for hydroxylation is 1. The lowest BCUT2D eigenvalue weighted by molar-refractivity contribution is -0.122. The highest BCUT2D eigenvalue weighted by Crippen LogP contribution is 2.16. The van der Waals surface area contributed by atoms with Gasteiger partial charge in [-0.2, -0.15) is 5.10 Å². The number of alkyl halides is 2. The van der Waals surface area contributed by atoms with Crippen molar-refractivity contribution in [2.45, 2.75) is 26.4 Å². The van der Waals surface area contributed by atoms with Gasteiger partial charge in [0.05, 0.1) is 0 Å². The molecular formula is C13H13ClF2N4O. The number of hydrogen-bond donors (Lipinski definition) is 1. The number of hydrogen-bond acceptors (Lipinski definition) is 3. The van der Waals surface area contributed by atoms with E-state index < -0.39 is 18.2 Å². The molecule has 112 valence electrons. The maximum Gasteiger partial charge on any atom is 0.297 e. The Morgan fingerprint density at radius 3 is 2.67 bits per heavy atom. The number of rotatable bonds is 5. The van der Waals surface area contributed by atoms with Gasteiger partial charge < -0.3 is 5.32 Å². The fourth-order valence-electron chi connectivity index (χ4n) is 1.74. The van der Waals surface area contributed by atoms with Crippen molar-refractivity contribution in [3.63, 3.8) is 0 Å². The van der Waals surface area contributed by atoms with Crippen LogP contribution in [0.15, 0.2) is 24.3 Å². The number of amides is 1. The number of nitrogens with zero attached hydrogens (tertiary/aromatic N) is 3. The van der Waals surface area contributed by atoms with Crippen LogP contribution in [-0.4, -0.2) is 20.7 Å². The molecule has 0 unspecified atom stereocenters. The molecule has 1 aromatic carbocycles. The molecule has 0 atom stereocenters. The molecule has 0 saturated carbocycles. The van der Waals surface area contributed by atoms with E-state index in [2.05, 4.69) is 15.4 Å². The van der Waals surface area contributed by atoms with Gasteiger partial charge in [-0.1, -0.05) is 23.7 Å². The number of aromatic nitrogens is 3. The summed E-state index contributed by atoms with van der Waals surface area (Å²) in [4.78, 5) is 15.4. The van der Waals surface area contributed by atoms with Gasteiger partial charge >= 0.3 is 0 Å². The van der Waals surface area contributed by atoms with Crippen LogP contribution in [0.1, 0.15) is 23.6 Å². The first-order valence-corrected chi connectivity index (χ1v) is 6.54. The summed E-state index contributed by atoms with van der Waals surface area (Å²) in [6.07, 6.45) is -2.77. The average molecular weight is 315 g/mol. The van der Waals surface area contributed by atoms with Gasteiger partial charge in [-0.25, -0.2) is 18.4 Å². The third-order valence-electron chi connectivity index (χ3n) is 2.70. The van der Waals surface area contributed by atoms with Crippen molar-refractivity contribution in [2.24, 2.45) is 0 Å². The third kappa shape index (κ3) is 4.22. The second kappa shape index (κ2) is 6.62. The Balaban J connectivity index is 1.94. The highest BCUT2D eigenvalue weighted by atomic mass is 35.5. The molecule has 1 amide bonds. The van der Waals surface area contributed by atoms with Crippen LogP contribution in [0.4, 0.5) is 8.78 Å². The molecule has 0 saturated heterocycles. The molecule has 0 radical (unpaired) electrons. The van der Waals surface area contributed by atoms with E-state index in [1.165, 1.54) is 6.92 Å². The maximum absolute atomic E-state index is 12.7. The van der Waals surface area contributed by atoms with Crippen LogP contribution in [0.2, 0.25) is 5.02 Å². The predicted octanol–water partition coefficient (Wildman–Crippen LogP) is 2.49. The molecule has 0 aliphatic heterocycles. The van der Waals surface area contributed by atoms with Gasteiger partial charge in [-0.3, -0.25) is 4.79 Å². The minimum Gasteiger partial charge on any atom is -0.350 e. The first-order valence-electron chi connectivity index (χ1n) is 6.16. The average Bonchev–Trinajstić information content (AvgIpc) is 2.79. The fourth-order valence-corrected chi connectivity index (χ4v) is 1.87. The smallest absolute Gasteiger partial charge is 0.297 e. The van der Waals surface area contributed by atoms with Crippen molar-refractivity contribution in [2.75, 3.05) is 0 Å². The first-order chi connectivity index (χ1) is 9.95. The normalized spacial score (nSPS) is 10.9. The summed E-state index contributed by atoms with van der Waals surface area (Å²) in [5.41, 5.74) is 0.858. The van der Waals surface area contributed by atoms with Gasteiger partial charge in [-0.05, 0) is 24.6 Å². The lowest BCUT2D eigenvalue weighted by Gasteiger charge is -2.07. The van der Waals surface area contributed by atoms with Gasteiger partial charge in [0, 0.05) is 11.6 Å². The molecule has 0 aliphatic carbocycles. The van der Waals surface area contributed by atoms with Gasteiger partial charge in [0.2, 0.25) is 5.91 Å². The van der Waals surface area contributed by atoms with Crippen molar-refractivity contribution in [3.8, 4) is 0 Å². The Hall–Kier alpha value is -2.02. The highest BCUT2D eigenvalue weighted by molar-refractivity contribution is 6.30. The molecule has 5 nitrogen and oxygen atoms in total. The number of carbonyl (C=O) groups is 1. The lowest BCUT2D eigenvalue weighted by Crippen LogP contribution is -2.28. The van der Waals surface area contributed by atoms with E-state index in [-0.39, 0.29) is 18.9 Å². The van der Waals surface area contributed by atoms with Crippen LogP contribution in [-0.2, 0) is 17.9 Å². The highest BCUT2D eigenvalue weighted by Gasteiger charge is 2.18. The number of benzene rings is 1. The van der Waals surface area contributed by atoms with E-state index >= 15 is 0 Å². The van der Waals surface area contributed by atoms with Crippen LogP contribution in [0.5, 0.6) is 0 Å². The van der Waals surface area contributed by atoms with Gasteiger partial charge in [0.1, 0.15) is 12.4 Å². The monoisotopic (exact) mass is 314 g/mol. The van der Waals surface area contributed by atoms with Crippen molar-refractivity contribution in [1.82, 2.24) is 20.1 Å².